The fourth-order valence-corrected chi connectivity index (χ4v) is 0.118. The van der Waals surface area contributed by atoms with Crippen LogP contribution in [0.5, 0.6) is 0 Å². The Bertz CT molecular complexity index is 115. The van der Waals surface area contributed by atoms with Gasteiger partial charge in [-0.1, -0.05) is 5.16 Å². The molecule has 3 nitrogen and oxygen atoms in total. The molecule has 5 heavy (non-hydrogen) atoms. The number of aromatic nitrogens is 2. The highest BCUT2D eigenvalue weighted by Crippen LogP contribution is 1.62. The molecule has 0 bridgehead atoms. The van der Waals surface area contributed by atoms with Gasteiger partial charge in [0, 0.05) is 0 Å². The fraction of sp³-hybridized carbons (Fsp3) is 0. The zero-order valence-corrected chi connectivity index (χ0v) is 2.38. The van der Waals surface area contributed by atoms with Crippen LogP contribution in [0.1, 0.15) is 1.37 Å². The number of hydrogen-bond acceptors (Lipinski definition) is 3. The summed E-state index contributed by atoms with van der Waals surface area (Å²) in [6.07, 6.45) is 1.04. The Morgan fingerprint density at radius 3 is 3.20 bits per heavy atom. The van der Waals surface area contributed by atoms with E-state index < -0.39 is 0 Å². The van der Waals surface area contributed by atoms with E-state index in [4.69, 9.17) is 1.37 Å². The van der Waals surface area contributed by atoms with Crippen LogP contribution in [0.3, 0.4) is 0 Å². The van der Waals surface area contributed by atoms with Crippen molar-refractivity contribution in [3.63, 3.8) is 0 Å². The number of nitrogens with zero attached hydrogens (tertiary/aromatic N) is 2. The van der Waals surface area contributed by atoms with Gasteiger partial charge in [-0.25, -0.2) is 4.98 Å². The van der Waals surface area contributed by atoms with Crippen LogP contribution in [0.15, 0.2) is 17.2 Å². The van der Waals surface area contributed by atoms with Gasteiger partial charge in [-0.15, -0.1) is 0 Å². The Kier molecular flexibility index (Phi) is 0.259. The van der Waals surface area contributed by atoms with Crippen molar-refractivity contribution < 1.29 is 5.89 Å². The van der Waals surface area contributed by atoms with Crippen molar-refractivity contribution in [2.24, 2.45) is 0 Å². The molecular formula is C2H2N2O. The van der Waals surface area contributed by atoms with E-state index in [1.165, 1.54) is 6.33 Å². The van der Waals surface area contributed by atoms with Crippen LogP contribution in [0.4, 0.5) is 0 Å². The molecule has 0 unspecified atom stereocenters. The van der Waals surface area contributed by atoms with Crippen molar-refractivity contribution in [3.05, 3.63) is 12.7 Å². The second-order valence-electron chi connectivity index (χ2n) is 0.533. The lowest BCUT2D eigenvalue weighted by Gasteiger charge is -1.45. The molecule has 0 N–H and O–H groups in total. The Balaban J connectivity index is 3.05. The molecule has 26 valence electrons. The predicted octanol–water partition coefficient (Wildman–Crippen LogP) is 0.0696. The third-order valence-corrected chi connectivity index (χ3v) is 0.251. The summed E-state index contributed by atoms with van der Waals surface area (Å²) in [5.41, 5.74) is 0. The molecule has 0 atom stereocenters. The molecule has 0 aliphatic carbocycles. The Morgan fingerprint density at radius 1 is 2.00 bits per heavy atom. The van der Waals surface area contributed by atoms with Gasteiger partial charge in [0.15, 0.2) is 6.33 Å². The van der Waals surface area contributed by atoms with Crippen LogP contribution in [-0.4, -0.2) is 10.1 Å². The van der Waals surface area contributed by atoms with Gasteiger partial charge in [0.05, 0.1) is 0 Å². The highest BCUT2D eigenvalue weighted by molar-refractivity contribution is 4.35. The lowest BCUT2D eigenvalue weighted by molar-refractivity contribution is 0.416. The first kappa shape index (κ1) is 1.55. The summed E-state index contributed by atoms with van der Waals surface area (Å²) in [5.74, 6) is 0. The van der Waals surface area contributed by atoms with Gasteiger partial charge >= 0.3 is 0 Å². The van der Waals surface area contributed by atoms with Gasteiger partial charge in [0.25, 0.3) is 0 Å². The minimum Gasteiger partial charge on any atom is -0.343 e. The standard InChI is InChI=1S/C2H2N2O/c1-3-2-5-4-1/h1-2H/i2D. The zero-order chi connectivity index (χ0) is 4.41. The van der Waals surface area contributed by atoms with E-state index >= 15 is 0 Å². The highest BCUT2D eigenvalue weighted by Gasteiger charge is 1.60. The Morgan fingerprint density at radius 2 is 3.00 bits per heavy atom. The van der Waals surface area contributed by atoms with Gasteiger partial charge < -0.3 is 4.52 Å². The van der Waals surface area contributed by atoms with Crippen LogP contribution in [-0.2, 0) is 0 Å². The average Bonchev–Trinajstić information content (AvgIpc) is 1.86. The lowest BCUT2D eigenvalue weighted by atomic mass is 11.3. The first-order valence-electron chi connectivity index (χ1n) is 1.63. The van der Waals surface area contributed by atoms with E-state index in [0.717, 1.165) is 0 Å². The average molecular weight is 71.1 g/mol. The third-order valence-electron chi connectivity index (χ3n) is 0.251. The topological polar surface area (TPSA) is 38.9 Å². The molecule has 0 saturated carbocycles. The van der Waals surface area contributed by atoms with E-state index in [2.05, 4.69) is 14.7 Å². The molecule has 0 aliphatic rings. The SMILES string of the molecule is [2H]c1ncno1. The second kappa shape index (κ2) is 0.839. The summed E-state index contributed by atoms with van der Waals surface area (Å²) in [5, 5.41) is 3.15. The first-order valence-corrected chi connectivity index (χ1v) is 1.13. The molecule has 0 aliphatic heterocycles. The van der Waals surface area contributed by atoms with Crippen molar-refractivity contribution in [2.45, 2.75) is 0 Å². The van der Waals surface area contributed by atoms with Crippen molar-refractivity contribution in [3.8, 4) is 0 Å². The summed E-state index contributed by atoms with van der Waals surface area (Å²) >= 11 is 0. The molecular weight excluding hydrogens is 68.0 g/mol. The minimum absolute atomic E-state index is 0.144. The van der Waals surface area contributed by atoms with E-state index in [9.17, 15) is 0 Å². The summed E-state index contributed by atoms with van der Waals surface area (Å²) in [6, 6.07) is 0. The molecule has 1 aromatic heterocycles. The molecule has 0 saturated heterocycles. The van der Waals surface area contributed by atoms with Crippen LogP contribution in [0.2, 0.25) is 0 Å². The van der Waals surface area contributed by atoms with E-state index in [0.29, 0.717) is 0 Å². The summed E-state index contributed by atoms with van der Waals surface area (Å²) < 4.78 is 10.7. The monoisotopic (exact) mass is 71.0 g/mol. The van der Waals surface area contributed by atoms with Gasteiger partial charge in [0.1, 0.15) is 1.37 Å². The largest absolute Gasteiger partial charge is 0.343 e. The quantitative estimate of drug-likeness (QED) is 0.434. The normalized spacial score (nSPS) is 10.8. The molecule has 0 spiro atoms. The molecule has 1 heterocycles. The van der Waals surface area contributed by atoms with Crippen LogP contribution < -0.4 is 0 Å². The molecule has 0 radical (unpaired) electrons. The van der Waals surface area contributed by atoms with Crippen LogP contribution in [0, 0.1) is 0 Å². The van der Waals surface area contributed by atoms with E-state index in [-0.39, 0.29) is 6.37 Å². The van der Waals surface area contributed by atoms with E-state index in [1.807, 2.05) is 0 Å². The van der Waals surface area contributed by atoms with E-state index in [1.54, 1.807) is 0 Å². The minimum atomic E-state index is -0.144. The molecule has 1 rings (SSSR count). The lowest BCUT2D eigenvalue weighted by Crippen LogP contribution is -1.44. The van der Waals surface area contributed by atoms with Gasteiger partial charge in [-0.05, 0) is 0 Å². The molecule has 0 fully saturated rings. The first-order chi connectivity index (χ1) is 2.89. The number of hydrogen-bond donors (Lipinski definition) is 0. The highest BCUT2D eigenvalue weighted by atomic mass is 16.5. The third kappa shape index (κ3) is 0.238. The molecule has 0 amide bonds. The van der Waals surface area contributed by atoms with Crippen molar-refractivity contribution >= 4 is 0 Å². The van der Waals surface area contributed by atoms with Crippen molar-refractivity contribution in [2.75, 3.05) is 0 Å². The van der Waals surface area contributed by atoms with Gasteiger partial charge in [-0.2, -0.15) is 0 Å². The predicted molar refractivity (Wildman–Crippen MR) is 14.3 cm³/mol. The number of rotatable bonds is 0. The van der Waals surface area contributed by atoms with Crippen molar-refractivity contribution in [1.82, 2.24) is 10.1 Å². The maximum Gasteiger partial charge on any atom is 0.213 e. The second-order valence-corrected chi connectivity index (χ2v) is 0.533. The molecule has 0 aromatic carbocycles. The summed E-state index contributed by atoms with van der Waals surface area (Å²) in [7, 11) is 0. The van der Waals surface area contributed by atoms with Crippen molar-refractivity contribution in [1.29, 1.82) is 0 Å². The smallest absolute Gasteiger partial charge is 0.213 e. The summed E-state index contributed by atoms with van der Waals surface area (Å²) in [6.45, 7) is 0. The maximum absolute atomic E-state index is 6.53. The Labute approximate surface area is 30.0 Å². The Hall–Kier alpha value is -0.860. The molecule has 1 aromatic rings. The summed E-state index contributed by atoms with van der Waals surface area (Å²) in [4.78, 5) is 3.31. The van der Waals surface area contributed by atoms with Gasteiger partial charge in [0.2, 0.25) is 6.37 Å². The van der Waals surface area contributed by atoms with Crippen LogP contribution in [0.25, 0.3) is 0 Å². The molecule has 3 heteroatoms. The van der Waals surface area contributed by atoms with Crippen LogP contribution >= 0.6 is 0 Å². The zero-order valence-electron chi connectivity index (χ0n) is 3.38. The maximum atomic E-state index is 6.53. The van der Waals surface area contributed by atoms with Gasteiger partial charge in [-0.3, -0.25) is 0 Å². The fourth-order valence-electron chi connectivity index (χ4n) is 0.118.